The number of fused-ring (bicyclic) bond motifs is 1. The lowest BCUT2D eigenvalue weighted by Crippen LogP contribution is -2.15. The zero-order chi connectivity index (χ0) is 28.8. The van der Waals surface area contributed by atoms with Gasteiger partial charge in [0, 0.05) is 28.6 Å². The van der Waals surface area contributed by atoms with Gasteiger partial charge in [0.2, 0.25) is 0 Å². The third kappa shape index (κ3) is 5.40. The van der Waals surface area contributed by atoms with Crippen LogP contribution in [0.3, 0.4) is 0 Å². The zero-order valence-corrected chi connectivity index (χ0v) is 21.2. The van der Waals surface area contributed by atoms with Crippen LogP contribution in [0.15, 0.2) is 78.9 Å². The first-order valence-electron chi connectivity index (χ1n) is 12.1. The van der Waals surface area contributed by atoms with Crippen molar-refractivity contribution >= 4 is 10.9 Å². The Labute approximate surface area is 225 Å². The molecular weight excluding hydrogens is 534 g/mol. The molecule has 10 heteroatoms. The first kappa shape index (κ1) is 27.3. The van der Waals surface area contributed by atoms with E-state index in [0.717, 1.165) is 10.7 Å². The molecule has 1 heterocycles. The quantitative estimate of drug-likeness (QED) is 0.215. The lowest BCUT2D eigenvalue weighted by molar-refractivity contribution is -0.136. The van der Waals surface area contributed by atoms with Gasteiger partial charge >= 0.3 is 6.18 Å². The van der Waals surface area contributed by atoms with Gasteiger partial charge in [-0.25, -0.2) is 13.2 Å². The molecule has 5 aromatic rings. The monoisotopic (exact) mass is 556 g/mol. The highest BCUT2D eigenvalue weighted by Crippen LogP contribution is 2.39. The number of nitrogens with zero attached hydrogens (tertiary/aromatic N) is 2. The number of benzene rings is 4. The minimum atomic E-state index is -4.72. The van der Waals surface area contributed by atoms with Crippen molar-refractivity contribution in [3.8, 4) is 22.8 Å². The Balaban J connectivity index is 1.58. The molecule has 0 saturated heterocycles. The van der Waals surface area contributed by atoms with E-state index in [4.69, 9.17) is 4.74 Å². The van der Waals surface area contributed by atoms with Gasteiger partial charge in [-0.1, -0.05) is 24.3 Å². The number of aromatic nitrogens is 2. The number of hydrogen-bond donors (Lipinski definition) is 1. The zero-order valence-electron chi connectivity index (χ0n) is 21.2. The number of aliphatic hydroxyl groups is 1. The van der Waals surface area contributed by atoms with Crippen LogP contribution < -0.4 is 4.74 Å². The van der Waals surface area contributed by atoms with Gasteiger partial charge < -0.3 is 9.84 Å². The maximum atomic E-state index is 14.5. The van der Waals surface area contributed by atoms with Crippen molar-refractivity contribution in [2.75, 3.05) is 0 Å². The minimum absolute atomic E-state index is 0.115. The van der Waals surface area contributed by atoms with Crippen molar-refractivity contribution in [1.29, 1.82) is 0 Å². The molecule has 0 amide bonds. The van der Waals surface area contributed by atoms with Crippen molar-refractivity contribution in [3.05, 3.63) is 113 Å². The molecule has 4 aromatic carbocycles. The normalized spacial score (nSPS) is 12.2. The second kappa shape index (κ2) is 10.0. The Kier molecular flexibility index (Phi) is 6.83. The molecule has 0 aliphatic carbocycles. The molecule has 0 spiro atoms. The van der Waals surface area contributed by atoms with Gasteiger partial charge in [-0.2, -0.15) is 18.3 Å². The summed E-state index contributed by atoms with van der Waals surface area (Å²) in [6.07, 6.45) is -4.72. The number of ether oxygens (including phenoxy) is 1. The van der Waals surface area contributed by atoms with Crippen LogP contribution in [0.1, 0.15) is 30.5 Å². The van der Waals surface area contributed by atoms with Crippen molar-refractivity contribution in [2.45, 2.75) is 32.2 Å². The van der Waals surface area contributed by atoms with Gasteiger partial charge in [0.25, 0.3) is 0 Å². The van der Waals surface area contributed by atoms with Crippen molar-refractivity contribution < 1.29 is 36.2 Å². The Morgan fingerprint density at radius 2 is 1.48 bits per heavy atom. The Morgan fingerprint density at radius 3 is 2.10 bits per heavy atom. The lowest BCUT2D eigenvalue weighted by atomic mass is 9.98. The molecule has 0 bridgehead atoms. The van der Waals surface area contributed by atoms with E-state index in [9.17, 15) is 31.4 Å². The Morgan fingerprint density at radius 1 is 0.825 bits per heavy atom. The first-order chi connectivity index (χ1) is 18.8. The molecule has 0 fully saturated rings. The van der Waals surface area contributed by atoms with Gasteiger partial charge in [-0.15, -0.1) is 0 Å². The predicted octanol–water partition coefficient (Wildman–Crippen LogP) is 8.21. The maximum absolute atomic E-state index is 14.5. The number of halogens is 6. The second-order valence-corrected chi connectivity index (χ2v) is 9.77. The molecule has 0 radical (unpaired) electrons. The minimum Gasteiger partial charge on any atom is -0.457 e. The number of rotatable bonds is 6. The standard InChI is InChI=1S/C30H22F6N2O2/c1-29(2,39)18-5-3-6-21(13-18)40-20-11-9-17(10-12-20)28-22-7-4-8-24(30(34,35)36)27(22)37-38(28)16-23-25(32)14-19(31)15-26(23)33/h3-15,39H,16H2,1-2H3. The fourth-order valence-electron chi connectivity index (χ4n) is 4.43. The summed E-state index contributed by atoms with van der Waals surface area (Å²) in [6.45, 7) is 2.70. The molecule has 1 N–H and O–H groups in total. The fraction of sp³-hybridized carbons (Fsp3) is 0.167. The van der Waals surface area contributed by atoms with E-state index in [-0.39, 0.29) is 11.1 Å². The summed E-state index contributed by atoms with van der Waals surface area (Å²) >= 11 is 0. The molecule has 0 unspecified atom stereocenters. The maximum Gasteiger partial charge on any atom is 0.418 e. The molecule has 40 heavy (non-hydrogen) atoms. The van der Waals surface area contributed by atoms with Crippen LogP contribution in [-0.4, -0.2) is 14.9 Å². The summed E-state index contributed by atoms with van der Waals surface area (Å²) in [5.41, 5.74) is -1.80. The molecule has 0 aliphatic rings. The molecule has 0 saturated carbocycles. The summed E-state index contributed by atoms with van der Waals surface area (Å²) in [6, 6.07) is 17.8. The number of alkyl halides is 3. The average molecular weight is 557 g/mol. The van der Waals surface area contributed by atoms with E-state index in [2.05, 4.69) is 5.10 Å². The topological polar surface area (TPSA) is 47.3 Å². The van der Waals surface area contributed by atoms with Crippen molar-refractivity contribution in [2.24, 2.45) is 0 Å². The highest BCUT2D eigenvalue weighted by molar-refractivity contribution is 5.95. The van der Waals surface area contributed by atoms with Crippen LogP contribution in [0.5, 0.6) is 11.5 Å². The van der Waals surface area contributed by atoms with E-state index >= 15 is 0 Å². The molecule has 0 aliphatic heterocycles. The number of hydrogen-bond acceptors (Lipinski definition) is 3. The third-order valence-corrected chi connectivity index (χ3v) is 6.39. The molecule has 206 valence electrons. The fourth-order valence-corrected chi connectivity index (χ4v) is 4.43. The van der Waals surface area contributed by atoms with Crippen LogP contribution in [0.2, 0.25) is 0 Å². The molecule has 4 nitrogen and oxygen atoms in total. The summed E-state index contributed by atoms with van der Waals surface area (Å²) in [5, 5.41) is 14.5. The van der Waals surface area contributed by atoms with Gasteiger partial charge in [-0.3, -0.25) is 4.68 Å². The van der Waals surface area contributed by atoms with Crippen LogP contribution in [0.25, 0.3) is 22.2 Å². The molecule has 5 rings (SSSR count). The second-order valence-electron chi connectivity index (χ2n) is 9.77. The van der Waals surface area contributed by atoms with Crippen LogP contribution in [0.4, 0.5) is 26.3 Å². The highest BCUT2D eigenvalue weighted by Gasteiger charge is 2.34. The van der Waals surface area contributed by atoms with Crippen molar-refractivity contribution in [1.82, 2.24) is 9.78 Å². The van der Waals surface area contributed by atoms with E-state index < -0.39 is 52.4 Å². The summed E-state index contributed by atoms with van der Waals surface area (Å²) in [5.74, 6) is -2.63. The first-order valence-corrected chi connectivity index (χ1v) is 12.1. The van der Waals surface area contributed by atoms with Crippen molar-refractivity contribution in [3.63, 3.8) is 0 Å². The highest BCUT2D eigenvalue weighted by atomic mass is 19.4. The smallest absolute Gasteiger partial charge is 0.418 e. The Hall–Kier alpha value is -4.31. The van der Waals surface area contributed by atoms with Crippen LogP contribution in [-0.2, 0) is 18.3 Å². The van der Waals surface area contributed by atoms with Crippen LogP contribution >= 0.6 is 0 Å². The van der Waals surface area contributed by atoms with E-state index in [1.807, 2.05) is 0 Å². The largest absolute Gasteiger partial charge is 0.457 e. The van der Waals surface area contributed by atoms with Crippen LogP contribution in [0, 0.1) is 17.5 Å². The predicted molar refractivity (Wildman–Crippen MR) is 137 cm³/mol. The SMILES string of the molecule is CC(C)(O)c1cccc(Oc2ccc(-c3c4cccc(C(F)(F)F)c4nn3Cc3c(F)cc(F)cc3F)cc2)c1. The summed E-state index contributed by atoms with van der Waals surface area (Å²) in [4.78, 5) is 0. The Bertz CT molecular complexity index is 1680. The lowest BCUT2D eigenvalue weighted by Gasteiger charge is -2.18. The summed E-state index contributed by atoms with van der Waals surface area (Å²) in [7, 11) is 0. The van der Waals surface area contributed by atoms with Gasteiger partial charge in [0.1, 0.15) is 34.5 Å². The van der Waals surface area contributed by atoms with E-state index in [1.165, 1.54) is 12.1 Å². The summed E-state index contributed by atoms with van der Waals surface area (Å²) < 4.78 is 90.7. The molecule has 0 atom stereocenters. The molecular formula is C30H22F6N2O2. The van der Waals surface area contributed by atoms with Gasteiger partial charge in [0.15, 0.2) is 0 Å². The van der Waals surface area contributed by atoms with E-state index in [0.29, 0.717) is 34.8 Å². The molecule has 1 aromatic heterocycles. The average Bonchev–Trinajstić information content (AvgIpc) is 3.24. The van der Waals surface area contributed by atoms with E-state index in [1.54, 1.807) is 62.4 Å². The third-order valence-electron chi connectivity index (χ3n) is 6.39. The van der Waals surface area contributed by atoms with Gasteiger partial charge in [-0.05, 0) is 61.9 Å². The van der Waals surface area contributed by atoms with Gasteiger partial charge in [0.05, 0.1) is 23.4 Å².